The number of nitrogens with one attached hydrogen (secondary N) is 8. The van der Waals surface area contributed by atoms with E-state index in [9.17, 15) is 111 Å². The van der Waals surface area contributed by atoms with E-state index in [0.717, 1.165) is 68.3 Å². The molecule has 40 nitrogen and oxygen atoms in total. The van der Waals surface area contributed by atoms with Crippen LogP contribution in [-0.4, -0.2) is 153 Å². The van der Waals surface area contributed by atoms with Crippen LogP contribution in [0.25, 0.3) is 16.6 Å². The van der Waals surface area contributed by atoms with E-state index >= 15 is 0 Å². The summed E-state index contributed by atoms with van der Waals surface area (Å²) in [6, 6.07) is 36.5. The third kappa shape index (κ3) is 22.4. The summed E-state index contributed by atoms with van der Waals surface area (Å²) in [5, 5.41) is 55.6. The van der Waals surface area contributed by atoms with Crippen molar-refractivity contribution in [3.05, 3.63) is 273 Å². The van der Waals surface area contributed by atoms with Gasteiger partial charge in [0, 0.05) is 82.3 Å². The Hall–Kier alpha value is -13.9. The summed E-state index contributed by atoms with van der Waals surface area (Å²) in [5.41, 5.74) is 2.00. The topological polar surface area (TPSA) is 586 Å². The highest BCUT2D eigenvalue weighted by Gasteiger charge is 2.40. The van der Waals surface area contributed by atoms with E-state index in [1.807, 2.05) is 13.8 Å². The number of aryl methyl sites for hydroxylation is 2. The number of nitrogens with zero attached hydrogens (tertiary/aromatic N) is 8. The first-order valence-electron chi connectivity index (χ1n) is 44.2. The Morgan fingerprint density at radius 1 is 0.423 bits per heavy atom. The van der Waals surface area contributed by atoms with Crippen LogP contribution in [0.15, 0.2) is 227 Å². The zero-order chi connectivity index (χ0) is 103. The van der Waals surface area contributed by atoms with Gasteiger partial charge in [0.2, 0.25) is 40.1 Å². The smallest absolute Gasteiger partial charge is 0.286 e. The maximum absolute atomic E-state index is 13.4. The molecule has 0 saturated heterocycles. The first-order chi connectivity index (χ1) is 66.4. The van der Waals surface area contributed by atoms with Crippen molar-refractivity contribution in [2.24, 2.45) is 34.8 Å². The van der Waals surface area contributed by atoms with Crippen molar-refractivity contribution in [2.45, 2.75) is 157 Å². The number of hydrogen-bond acceptors (Lipinski definition) is 28. The lowest BCUT2D eigenvalue weighted by Crippen LogP contribution is -2.36. The average molecular weight is 2100 g/mol. The molecular weight excluding hydrogens is 2000 g/mol. The van der Waals surface area contributed by atoms with Crippen molar-refractivity contribution < 1.29 is 92.2 Å². The Bertz CT molecular complexity index is 8680. The van der Waals surface area contributed by atoms with Gasteiger partial charge in [-0.3, -0.25) is 51.3 Å². The molecule has 5 aliphatic heterocycles. The molecule has 12 heterocycles. The van der Waals surface area contributed by atoms with E-state index in [1.54, 1.807) is 71.6 Å². The second-order valence-corrected chi connectivity index (χ2v) is 50.2. The molecule has 142 heavy (non-hydrogen) atoms. The van der Waals surface area contributed by atoms with Gasteiger partial charge >= 0.3 is 0 Å². The Morgan fingerprint density at radius 2 is 0.746 bits per heavy atom. The van der Waals surface area contributed by atoms with Gasteiger partial charge in [0.05, 0.1) is 63.3 Å². The van der Waals surface area contributed by atoms with Crippen molar-refractivity contribution in [1.82, 2.24) is 17.8 Å². The second-order valence-electron chi connectivity index (χ2n) is 36.7. The van der Waals surface area contributed by atoms with Gasteiger partial charge in [-0.1, -0.05) is 78.8 Å². The first-order valence-corrected chi connectivity index (χ1v) is 57.2. The lowest BCUT2D eigenvalue weighted by molar-refractivity contribution is 0.374. The lowest BCUT2D eigenvalue weighted by atomic mass is 9.88. The number of benzene rings is 5. The van der Waals surface area contributed by atoms with Crippen LogP contribution < -0.4 is 62.4 Å². The summed E-state index contributed by atoms with van der Waals surface area (Å²) in [4.78, 5) is 52.4. The van der Waals surface area contributed by atoms with Gasteiger partial charge in [-0.25, -0.2) is 38.1 Å². The molecule has 0 bridgehead atoms. The van der Waals surface area contributed by atoms with Crippen LogP contribution in [0.1, 0.15) is 149 Å². The number of aromatic hydroxyl groups is 4. The molecule has 0 amide bonds. The van der Waals surface area contributed by atoms with Crippen molar-refractivity contribution in [3.8, 4) is 23.0 Å². The molecule has 750 valence electrons. The highest BCUT2D eigenvalue weighted by Crippen LogP contribution is 2.42. The number of fused-ring (bicyclic) bond motifs is 8. The summed E-state index contributed by atoms with van der Waals surface area (Å²) in [7, 11) is -31.8. The molecule has 49 heteroatoms. The molecular formula is C93H99FN16O24S8. The third-order valence-electron chi connectivity index (χ3n) is 23.4. The minimum absolute atomic E-state index is 0.0143. The predicted octanol–water partition coefficient (Wildman–Crippen LogP) is 11.1. The fourth-order valence-electron chi connectivity index (χ4n) is 16.5. The molecule has 0 atom stereocenters. The van der Waals surface area contributed by atoms with Crippen LogP contribution in [-0.2, 0) is 119 Å². The van der Waals surface area contributed by atoms with Crippen LogP contribution in [0.2, 0.25) is 0 Å². The fraction of sp³-hybridized carbons (Fsp3) is 0.290. The molecule has 0 radical (unpaired) electrons. The highest BCUT2D eigenvalue weighted by atomic mass is 32.2. The maximum Gasteiger partial charge on any atom is 0.286 e. The second kappa shape index (κ2) is 38.9. The summed E-state index contributed by atoms with van der Waals surface area (Å²) in [6.45, 7) is 14.9. The van der Waals surface area contributed by atoms with E-state index in [0.29, 0.717) is 108 Å². The van der Waals surface area contributed by atoms with Crippen molar-refractivity contribution in [3.63, 3.8) is 0 Å². The molecule has 6 aliphatic rings. The van der Waals surface area contributed by atoms with E-state index in [2.05, 4.69) is 92.4 Å². The summed E-state index contributed by atoms with van der Waals surface area (Å²) >= 11 is 0. The Labute approximate surface area is 816 Å². The third-order valence-corrected chi connectivity index (χ3v) is 32.4. The SMILES string of the molecule is CC(C)(C)CCc1c(O)c(C2=NS(=O)(=O)c3cc(NS(C)(=O)=O)ccc3N2)c(=O)n2ccccc12.CC(C)CCc1c(O)c(C2=NS(=O)(=O)c3cc(NS(=O)(=O)C4CC4)ccc3N2)c(=O)n2ccccc12.CC(C)CCc1c(O)c(C2=NS(=O)(=O)c3cc(NS(C)(=O)=O)ccc3N2)c(=O)n2c1CCCC2.CS(=O)(=O)Nc1ccc2c(c1)S(=O)(=O)N=C(c1c(O)c(Cc3ccc(F)cc3)c3ccccn3c1=O)N2. The van der Waals surface area contributed by atoms with Crippen LogP contribution in [0.5, 0.6) is 23.0 Å². The van der Waals surface area contributed by atoms with Crippen LogP contribution in [0.3, 0.4) is 0 Å². The molecule has 12 N–H and O–H groups in total. The highest BCUT2D eigenvalue weighted by molar-refractivity contribution is 7.94. The fourth-order valence-corrected chi connectivity index (χ4v) is 24.2. The molecule has 0 unspecified atom stereocenters. The number of sulfonamides is 8. The maximum atomic E-state index is 13.4. The van der Waals surface area contributed by atoms with Gasteiger partial charge in [0.25, 0.3) is 62.3 Å². The minimum atomic E-state index is -4.39. The molecule has 12 aromatic rings. The van der Waals surface area contributed by atoms with Crippen LogP contribution >= 0.6 is 0 Å². The first kappa shape index (κ1) is 103. The van der Waals surface area contributed by atoms with E-state index in [4.69, 9.17) is 0 Å². The number of pyridine rings is 7. The van der Waals surface area contributed by atoms with E-state index in [1.165, 1.54) is 98.3 Å². The van der Waals surface area contributed by atoms with Crippen LogP contribution in [0.4, 0.5) is 49.9 Å². The average Bonchev–Trinajstić information content (AvgIpc) is 1.08. The number of halogens is 1. The molecule has 1 saturated carbocycles. The number of anilines is 8. The quantitative estimate of drug-likeness (QED) is 0.0283. The zero-order valence-electron chi connectivity index (χ0n) is 77.8. The Morgan fingerprint density at radius 3 is 1.09 bits per heavy atom. The van der Waals surface area contributed by atoms with Crippen molar-refractivity contribution >= 4 is 166 Å². The van der Waals surface area contributed by atoms with Gasteiger partial charge in [0.15, 0.2) is 23.3 Å². The van der Waals surface area contributed by atoms with Crippen molar-refractivity contribution in [1.29, 1.82) is 0 Å². The molecule has 18 rings (SSSR count). The largest absolute Gasteiger partial charge is 0.507 e. The lowest BCUT2D eigenvalue weighted by Gasteiger charge is -2.26. The van der Waals surface area contributed by atoms with Crippen LogP contribution in [0, 0.1) is 23.1 Å². The number of hydrogen-bond donors (Lipinski definition) is 12. The zero-order valence-corrected chi connectivity index (χ0v) is 84.3. The Balaban J connectivity index is 0.000000143. The number of aromatic nitrogens is 4. The minimum Gasteiger partial charge on any atom is -0.507 e. The monoisotopic (exact) mass is 2100 g/mol. The van der Waals surface area contributed by atoms with Gasteiger partial charge in [0.1, 0.15) is 70.7 Å². The summed E-state index contributed by atoms with van der Waals surface area (Å²) < 4.78 is 241. The summed E-state index contributed by atoms with van der Waals surface area (Å²) in [5.74, 6) is -2.29. The summed E-state index contributed by atoms with van der Waals surface area (Å²) in [6.07, 6.45) is 14.8. The van der Waals surface area contributed by atoms with E-state index < -0.39 is 125 Å². The Kier molecular flexibility index (Phi) is 28.1. The van der Waals surface area contributed by atoms with E-state index in [-0.39, 0.29) is 134 Å². The van der Waals surface area contributed by atoms with Crippen molar-refractivity contribution in [2.75, 3.05) is 58.9 Å². The predicted molar refractivity (Wildman–Crippen MR) is 541 cm³/mol. The molecule has 1 aliphatic carbocycles. The standard InChI is InChI=1S/C24H19FN4O6S2.C24H26N4O6S2.C23H26N4O6S2.C22H28N4O6S2/c1-36(32,33)27-16-9-10-18-20(13-16)37(34,35)28-23(26-18)21-22(30)17(12-14-5-7-15(25)8-6-14)19-4-2-3-11-29(19)24(21)31;1-14(2)6-10-17-19-5-3-4-12-28(19)24(30)21(22(17)29)23-25-18-11-7-15(13-20(18)36(33,34)27-23)26-35(31,32)16-8-9-16;1-23(2,3)11-10-15-17-7-5-6-12-27(17)22(29)19(20(15)28)21-24-16-9-8-14(25-34(4,30)31)13-18(16)35(32,33)26-21;1-13(2)7-9-15-17-6-4-5-11-26(17)22(28)19(20(15)27)21-23-16-10-8-14(24-33(3,29)30)12-18(16)34(31,32)25-21/h2-11,13,27,30H,12H2,1H3,(H,26,28);3-5,7,11-14,16,26,29H,6,8-10H2,1-2H3,(H,25,27);5-9,12-13,25,28H,10-11H2,1-4H3,(H,24,26);8,10,12-13,24,27H,4-7,9,11H2,1-3H3,(H,23,25). The van der Waals surface area contributed by atoms with Gasteiger partial charge < -0.3 is 46.3 Å². The van der Waals surface area contributed by atoms with Gasteiger partial charge in [-0.15, -0.1) is 17.6 Å². The van der Waals surface area contributed by atoms with Gasteiger partial charge in [-0.05, 0) is 215 Å². The van der Waals surface area contributed by atoms with Gasteiger partial charge in [-0.2, -0.15) is 33.7 Å². The molecule has 7 aromatic heterocycles. The normalized spacial score (nSPS) is 15.9. The molecule has 1 fully saturated rings. The molecule has 5 aromatic carbocycles. The molecule has 0 spiro atoms. The number of rotatable bonds is 23. The number of amidine groups is 4.